The summed E-state index contributed by atoms with van der Waals surface area (Å²) in [4.78, 5) is 0.640. The molecule has 6 heteroatoms. The van der Waals surface area contributed by atoms with Crippen molar-refractivity contribution in [1.82, 2.24) is 0 Å². The predicted octanol–water partition coefficient (Wildman–Crippen LogP) is -1.33. The van der Waals surface area contributed by atoms with E-state index >= 15 is 0 Å². The van der Waals surface area contributed by atoms with Crippen LogP contribution in [0.15, 0.2) is 44.6 Å². The van der Waals surface area contributed by atoms with Gasteiger partial charge in [0.05, 0.1) is 10.0 Å². The van der Waals surface area contributed by atoms with Crippen molar-refractivity contribution in [2.75, 3.05) is 0 Å². The van der Waals surface area contributed by atoms with Gasteiger partial charge in [0.1, 0.15) is 0 Å². The van der Waals surface area contributed by atoms with Gasteiger partial charge in [-0.05, 0) is 12.1 Å². The molecule has 0 N–H and O–H groups in total. The molecule has 0 fully saturated rings. The van der Waals surface area contributed by atoms with Crippen LogP contribution < -0.4 is 24.8 Å². The average Bonchev–Trinajstić information content (AvgIpc) is 2.66. The van der Waals surface area contributed by atoms with Gasteiger partial charge in [0.2, 0.25) is 0 Å². The van der Waals surface area contributed by atoms with E-state index in [1.54, 1.807) is 46.2 Å². The molecule has 91 valence electrons. The Balaban J connectivity index is 0. The molecule has 0 aromatic heterocycles. The van der Waals surface area contributed by atoms with Gasteiger partial charge in [0.25, 0.3) is 0 Å². The number of hydrogen-bond acceptors (Lipinski definition) is 1. The maximum atomic E-state index is 5.65. The Hall–Kier alpha value is 1.09. The Bertz CT molecular complexity index is 384. The Morgan fingerprint density at radius 1 is 1.12 bits per heavy atom. The molecule has 0 nitrogen and oxygen atoms in total. The Kier molecular flexibility index (Phi) is 13.2. The Morgan fingerprint density at radius 3 is 1.88 bits per heavy atom. The zero-order valence-corrected chi connectivity index (χ0v) is 15.0. The monoisotopic (exact) mass is 403 g/mol. The molecule has 0 unspecified atom stereocenters. The van der Waals surface area contributed by atoms with Gasteiger partial charge in [-0.25, -0.2) is 0 Å². The summed E-state index contributed by atoms with van der Waals surface area (Å²) in [6, 6.07) is 5.27. The van der Waals surface area contributed by atoms with Gasteiger partial charge >= 0.3 is 52.6 Å². The summed E-state index contributed by atoms with van der Waals surface area (Å²) in [6.45, 7) is 0. The first-order valence-electron chi connectivity index (χ1n) is 4.31. The number of thiol groups is 1. The molecule has 1 aromatic rings. The third-order valence-corrected chi connectivity index (χ3v) is 4.00. The van der Waals surface area contributed by atoms with Crippen molar-refractivity contribution in [3.8, 4) is 0 Å². The fraction of sp³-hybridized carbons (Fsp3) is 0.0909. The number of hydrogen-bond donors (Lipinski definition) is 1. The third-order valence-electron chi connectivity index (χ3n) is 1.71. The van der Waals surface area contributed by atoms with Crippen LogP contribution in [-0.4, -0.2) is 0 Å². The molecule has 0 spiro atoms. The molecule has 0 bridgehead atoms. The van der Waals surface area contributed by atoms with Gasteiger partial charge in [-0.1, -0.05) is 29.3 Å². The summed E-state index contributed by atoms with van der Waals surface area (Å²) in [5, 5.41) is 1.18. The number of allylic oxidation sites excluding steroid dienone is 4. The van der Waals surface area contributed by atoms with Gasteiger partial charge < -0.3 is 24.8 Å². The summed E-state index contributed by atoms with van der Waals surface area (Å²) in [5.74, 6) is 0. The van der Waals surface area contributed by atoms with Gasteiger partial charge in [-0.15, -0.1) is 12.6 Å². The summed E-state index contributed by atoms with van der Waals surface area (Å²) < 4.78 is 1.56. The Labute approximate surface area is 145 Å². The molecule has 2 rings (SSSR count). The number of benzene rings is 1. The van der Waals surface area contributed by atoms with Crippen LogP contribution >= 0.6 is 35.8 Å². The molecule has 1 aliphatic rings. The topological polar surface area (TPSA) is 0 Å². The predicted molar refractivity (Wildman–Crippen MR) is 65.6 cm³/mol. The van der Waals surface area contributed by atoms with Crippen molar-refractivity contribution in [2.45, 2.75) is 11.3 Å². The first-order valence-corrected chi connectivity index (χ1v) is 6.74. The van der Waals surface area contributed by atoms with E-state index in [2.05, 4.69) is 30.9 Å². The zero-order valence-electron chi connectivity index (χ0n) is 8.63. The van der Waals surface area contributed by atoms with Crippen LogP contribution in [-0.2, 0) is 24.7 Å². The van der Waals surface area contributed by atoms with Crippen LogP contribution in [0.3, 0.4) is 0 Å². The van der Waals surface area contributed by atoms with Crippen LogP contribution in [0.4, 0.5) is 0 Å². The minimum atomic E-state index is 0. The fourth-order valence-corrected chi connectivity index (χ4v) is 2.01. The SMILES string of the molecule is Sc1c(Cl)cccc1Cl.[Cl-].[Cl-].[Zr+2][C]1=CC=CC1. The van der Waals surface area contributed by atoms with Crippen LogP contribution in [0.5, 0.6) is 0 Å². The quantitative estimate of drug-likeness (QED) is 0.508. The number of halogens is 4. The molecule has 17 heavy (non-hydrogen) atoms. The van der Waals surface area contributed by atoms with Crippen molar-refractivity contribution in [3.05, 3.63) is 49.8 Å². The average molecular weight is 406 g/mol. The maximum absolute atomic E-state index is 5.65. The molecule has 0 saturated heterocycles. The normalized spacial score (nSPS) is 11.7. The van der Waals surface area contributed by atoms with Gasteiger partial charge in [-0.2, -0.15) is 0 Å². The van der Waals surface area contributed by atoms with E-state index in [9.17, 15) is 0 Å². The van der Waals surface area contributed by atoms with Gasteiger partial charge in [-0.3, -0.25) is 0 Å². The van der Waals surface area contributed by atoms with Gasteiger partial charge in [0.15, 0.2) is 0 Å². The van der Waals surface area contributed by atoms with Crippen LogP contribution in [0, 0.1) is 0 Å². The van der Waals surface area contributed by atoms with Crippen LogP contribution in [0.1, 0.15) is 6.42 Å². The molecule has 1 aliphatic carbocycles. The first kappa shape index (κ1) is 20.4. The zero-order chi connectivity index (χ0) is 11.3. The van der Waals surface area contributed by atoms with Crippen molar-refractivity contribution < 1.29 is 49.5 Å². The van der Waals surface area contributed by atoms with Crippen LogP contribution in [0.2, 0.25) is 10.0 Å². The molecule has 0 saturated carbocycles. The van der Waals surface area contributed by atoms with E-state index < -0.39 is 0 Å². The minimum absolute atomic E-state index is 0. The summed E-state index contributed by atoms with van der Waals surface area (Å²) in [6.07, 6.45) is 7.69. The summed E-state index contributed by atoms with van der Waals surface area (Å²) in [5.41, 5.74) is 0. The number of rotatable bonds is 0. The first-order chi connectivity index (χ1) is 7.11. The van der Waals surface area contributed by atoms with E-state index in [1.807, 2.05) is 0 Å². The van der Waals surface area contributed by atoms with Crippen molar-refractivity contribution in [1.29, 1.82) is 0 Å². The van der Waals surface area contributed by atoms with E-state index in [4.69, 9.17) is 23.2 Å². The van der Waals surface area contributed by atoms with E-state index in [0.29, 0.717) is 14.9 Å². The molecule has 0 amide bonds. The second-order valence-electron chi connectivity index (χ2n) is 2.89. The third kappa shape index (κ3) is 7.98. The van der Waals surface area contributed by atoms with Gasteiger partial charge in [0, 0.05) is 4.90 Å². The molecule has 0 aliphatic heterocycles. The Morgan fingerprint density at radius 2 is 1.65 bits per heavy atom. The van der Waals surface area contributed by atoms with E-state index in [0.717, 1.165) is 0 Å². The molecule has 0 atom stereocenters. The molecular weight excluding hydrogens is 397 g/mol. The molecule has 0 radical (unpaired) electrons. The second kappa shape index (κ2) is 11.0. The van der Waals surface area contributed by atoms with Crippen molar-refractivity contribution in [2.24, 2.45) is 0 Å². The standard InChI is InChI=1S/C6H4Cl2S.C5H5.2ClH.Zr/c7-4-2-1-3-5(8)6(4)9;1-2-4-5-3-1;;;/h1-3,9H;1-3H,4H2;2*1H;/q;;;;+2/p-2. The fourth-order valence-electron chi connectivity index (χ4n) is 0.936. The van der Waals surface area contributed by atoms with E-state index in [-0.39, 0.29) is 24.8 Å². The van der Waals surface area contributed by atoms with Crippen LogP contribution in [0.25, 0.3) is 0 Å². The molecule has 0 heterocycles. The molecular formula is C11H9Cl4SZr. The summed E-state index contributed by atoms with van der Waals surface area (Å²) >= 11 is 16.9. The molecule has 1 aromatic carbocycles. The second-order valence-corrected chi connectivity index (χ2v) is 5.73. The summed E-state index contributed by atoms with van der Waals surface area (Å²) in [7, 11) is 0. The van der Waals surface area contributed by atoms with E-state index in [1.165, 1.54) is 6.42 Å². The van der Waals surface area contributed by atoms with Crippen molar-refractivity contribution >= 4 is 35.8 Å². The van der Waals surface area contributed by atoms with Crippen molar-refractivity contribution in [3.63, 3.8) is 0 Å².